The highest BCUT2D eigenvalue weighted by atomic mass is 32.2. The molecule has 2 heterocycles. The van der Waals surface area contributed by atoms with Crippen LogP contribution in [0.3, 0.4) is 0 Å². The molecule has 1 amide bonds. The van der Waals surface area contributed by atoms with Crippen LogP contribution in [0.4, 0.5) is 11.4 Å². The molecule has 1 aliphatic heterocycles. The topological polar surface area (TPSA) is 128 Å². The molecule has 154 valence electrons. The zero-order valence-electron chi connectivity index (χ0n) is 15.8. The van der Waals surface area contributed by atoms with Crippen molar-refractivity contribution in [3.63, 3.8) is 0 Å². The molecule has 10 nitrogen and oxygen atoms in total. The number of hydrogen-bond acceptors (Lipinski definition) is 8. The highest BCUT2D eigenvalue weighted by Crippen LogP contribution is 2.33. The van der Waals surface area contributed by atoms with E-state index in [4.69, 9.17) is 0 Å². The van der Waals surface area contributed by atoms with Crippen LogP contribution in [0.5, 0.6) is 5.75 Å². The van der Waals surface area contributed by atoms with Gasteiger partial charge in [0.05, 0.1) is 9.82 Å². The van der Waals surface area contributed by atoms with Gasteiger partial charge in [0.15, 0.2) is 5.16 Å². The Morgan fingerprint density at radius 1 is 1.13 bits per heavy atom. The average Bonchev–Trinajstić information content (AvgIpc) is 3.27. The maximum Gasteiger partial charge on any atom is 0.284 e. The Labute approximate surface area is 175 Å². The van der Waals surface area contributed by atoms with Crippen molar-refractivity contribution in [2.24, 2.45) is 0 Å². The average molecular weight is 426 g/mol. The zero-order chi connectivity index (χ0) is 21.1. The van der Waals surface area contributed by atoms with Gasteiger partial charge in [0.2, 0.25) is 0 Å². The van der Waals surface area contributed by atoms with Crippen molar-refractivity contribution < 1.29 is 14.8 Å². The van der Waals surface area contributed by atoms with Crippen molar-refractivity contribution in [1.29, 1.82) is 0 Å². The number of benzene rings is 2. The summed E-state index contributed by atoms with van der Waals surface area (Å²) < 4.78 is 0. The van der Waals surface area contributed by atoms with Crippen LogP contribution in [0.25, 0.3) is 0 Å². The Balaban J connectivity index is 1.46. The minimum absolute atomic E-state index is 0.148. The fourth-order valence-electron chi connectivity index (χ4n) is 3.24. The van der Waals surface area contributed by atoms with Gasteiger partial charge in [0, 0.05) is 43.5 Å². The number of phenolic OH excluding ortho intramolecular Hbond substituents is 1. The molecule has 30 heavy (non-hydrogen) atoms. The van der Waals surface area contributed by atoms with E-state index in [1.165, 1.54) is 12.4 Å². The highest BCUT2D eigenvalue weighted by molar-refractivity contribution is 7.99. The van der Waals surface area contributed by atoms with Crippen molar-refractivity contribution >= 4 is 29.0 Å². The number of aromatic amines is 1. The quantitative estimate of drug-likeness (QED) is 0.470. The van der Waals surface area contributed by atoms with Gasteiger partial charge in [-0.2, -0.15) is 5.10 Å². The van der Waals surface area contributed by atoms with E-state index >= 15 is 0 Å². The number of H-pyrrole nitrogens is 1. The maximum atomic E-state index is 12.9. The van der Waals surface area contributed by atoms with Gasteiger partial charge < -0.3 is 14.9 Å². The van der Waals surface area contributed by atoms with E-state index in [-0.39, 0.29) is 22.9 Å². The zero-order valence-corrected chi connectivity index (χ0v) is 16.6. The molecule has 0 radical (unpaired) electrons. The molecule has 1 fully saturated rings. The third kappa shape index (κ3) is 4.20. The Kier molecular flexibility index (Phi) is 5.53. The molecule has 0 spiro atoms. The summed E-state index contributed by atoms with van der Waals surface area (Å²) in [6.45, 7) is 2.28. The van der Waals surface area contributed by atoms with Crippen LogP contribution >= 0.6 is 11.8 Å². The van der Waals surface area contributed by atoms with E-state index in [9.17, 15) is 20.0 Å². The first-order chi connectivity index (χ1) is 14.5. The Bertz CT molecular complexity index is 1050. The fraction of sp³-hybridized carbons (Fsp3) is 0.211. The first kappa shape index (κ1) is 19.7. The summed E-state index contributed by atoms with van der Waals surface area (Å²) in [7, 11) is 0. The lowest BCUT2D eigenvalue weighted by Gasteiger charge is -2.36. The molecule has 0 saturated carbocycles. The number of rotatable bonds is 5. The first-order valence-electron chi connectivity index (χ1n) is 9.16. The lowest BCUT2D eigenvalue weighted by atomic mass is 10.1. The molecule has 2 aromatic carbocycles. The summed E-state index contributed by atoms with van der Waals surface area (Å²) in [6.07, 6.45) is 1.32. The van der Waals surface area contributed by atoms with Gasteiger partial charge in [-0.3, -0.25) is 20.0 Å². The van der Waals surface area contributed by atoms with E-state index in [2.05, 4.69) is 20.1 Å². The predicted molar refractivity (Wildman–Crippen MR) is 110 cm³/mol. The van der Waals surface area contributed by atoms with Gasteiger partial charge in [-0.15, -0.1) is 0 Å². The SMILES string of the molecule is O=C(c1ccc(Sc2ncn[nH]2)c([N+](=O)[O-])c1)N1CCN(c2ccc(O)cc2)CC1. The molecule has 0 bridgehead atoms. The third-order valence-electron chi connectivity index (χ3n) is 4.78. The largest absolute Gasteiger partial charge is 0.508 e. The lowest BCUT2D eigenvalue weighted by Crippen LogP contribution is -2.48. The number of anilines is 1. The highest BCUT2D eigenvalue weighted by Gasteiger charge is 2.25. The van der Waals surface area contributed by atoms with Crippen molar-refractivity contribution in [3.05, 3.63) is 64.5 Å². The summed E-state index contributed by atoms with van der Waals surface area (Å²) in [5, 5.41) is 27.7. The van der Waals surface area contributed by atoms with Crippen LogP contribution in [0.2, 0.25) is 0 Å². The van der Waals surface area contributed by atoms with E-state index in [1.807, 2.05) is 12.1 Å². The van der Waals surface area contributed by atoms with Gasteiger partial charge >= 0.3 is 0 Å². The number of aromatic nitrogens is 3. The Morgan fingerprint density at radius 3 is 2.50 bits per heavy atom. The van der Waals surface area contributed by atoms with Crippen LogP contribution < -0.4 is 4.90 Å². The minimum Gasteiger partial charge on any atom is -0.508 e. The molecule has 0 aliphatic carbocycles. The number of nitro groups is 1. The fourth-order valence-corrected chi connectivity index (χ4v) is 4.02. The van der Waals surface area contributed by atoms with Crippen LogP contribution in [0.1, 0.15) is 10.4 Å². The van der Waals surface area contributed by atoms with Crippen LogP contribution in [0, 0.1) is 10.1 Å². The number of nitrogens with zero attached hydrogens (tertiary/aromatic N) is 5. The predicted octanol–water partition coefficient (Wildman–Crippen LogP) is 2.53. The van der Waals surface area contributed by atoms with Crippen molar-refractivity contribution in [2.75, 3.05) is 31.1 Å². The number of amides is 1. The molecule has 1 aromatic heterocycles. The summed E-state index contributed by atoms with van der Waals surface area (Å²) in [5.74, 6) is -0.0289. The summed E-state index contributed by atoms with van der Waals surface area (Å²) in [4.78, 5) is 32.1. The number of carbonyl (C=O) groups is 1. The molecule has 0 atom stereocenters. The van der Waals surface area contributed by atoms with Gasteiger partial charge in [-0.05, 0) is 48.2 Å². The lowest BCUT2D eigenvalue weighted by molar-refractivity contribution is -0.387. The van der Waals surface area contributed by atoms with E-state index in [0.29, 0.717) is 36.2 Å². The molecule has 1 aliphatic rings. The molecule has 1 saturated heterocycles. The van der Waals surface area contributed by atoms with Crippen molar-refractivity contribution in [2.45, 2.75) is 10.1 Å². The number of carbonyl (C=O) groups excluding carboxylic acids is 1. The van der Waals surface area contributed by atoms with Gasteiger partial charge in [-0.1, -0.05) is 0 Å². The van der Waals surface area contributed by atoms with Gasteiger partial charge in [-0.25, -0.2) is 4.98 Å². The van der Waals surface area contributed by atoms with E-state index < -0.39 is 4.92 Å². The number of aromatic hydroxyl groups is 1. The van der Waals surface area contributed by atoms with Gasteiger partial charge in [0.1, 0.15) is 12.1 Å². The smallest absolute Gasteiger partial charge is 0.284 e. The molecule has 0 unspecified atom stereocenters. The monoisotopic (exact) mass is 426 g/mol. The normalized spacial score (nSPS) is 14.0. The van der Waals surface area contributed by atoms with E-state index in [0.717, 1.165) is 17.4 Å². The number of nitrogens with one attached hydrogen (secondary N) is 1. The van der Waals surface area contributed by atoms with E-state index in [1.54, 1.807) is 29.2 Å². The Morgan fingerprint density at radius 2 is 1.87 bits per heavy atom. The van der Waals surface area contributed by atoms with Crippen molar-refractivity contribution in [3.8, 4) is 5.75 Å². The second-order valence-electron chi connectivity index (χ2n) is 6.63. The summed E-state index contributed by atoms with van der Waals surface area (Å²) in [5.41, 5.74) is 1.11. The minimum atomic E-state index is -0.502. The van der Waals surface area contributed by atoms with Crippen LogP contribution in [-0.4, -0.2) is 62.2 Å². The maximum absolute atomic E-state index is 12.9. The molecule has 3 aromatic rings. The van der Waals surface area contributed by atoms with Gasteiger partial charge in [0.25, 0.3) is 11.6 Å². The third-order valence-corrected chi connectivity index (χ3v) is 5.74. The molecular formula is C19H18N6O4S. The molecular weight excluding hydrogens is 408 g/mol. The first-order valence-corrected chi connectivity index (χ1v) is 9.98. The van der Waals surface area contributed by atoms with Crippen molar-refractivity contribution in [1.82, 2.24) is 20.1 Å². The number of hydrogen-bond donors (Lipinski definition) is 2. The Hall–Kier alpha value is -3.60. The second-order valence-corrected chi connectivity index (χ2v) is 7.66. The number of nitro benzene ring substituents is 1. The molecule has 2 N–H and O–H groups in total. The second kappa shape index (κ2) is 8.41. The molecule has 11 heteroatoms. The number of phenols is 1. The number of piperazine rings is 1. The van der Waals surface area contributed by atoms with Crippen LogP contribution in [-0.2, 0) is 0 Å². The summed E-state index contributed by atoms with van der Waals surface area (Å²) in [6, 6.07) is 11.4. The standard InChI is InChI=1S/C19H18N6O4S/c26-15-4-2-14(3-5-15)23-7-9-24(10-8-23)18(27)13-1-6-17(16(11-13)25(28)29)30-19-20-12-21-22-19/h1-6,11-12,26H,7-10H2,(H,20,21,22). The summed E-state index contributed by atoms with van der Waals surface area (Å²) >= 11 is 1.08. The molecule has 4 rings (SSSR count). The van der Waals surface area contributed by atoms with Crippen LogP contribution in [0.15, 0.2) is 58.8 Å².